The first-order valence-electron chi connectivity index (χ1n) is 9.22. The minimum Gasteiger partial charge on any atom is -0.496 e. The summed E-state index contributed by atoms with van der Waals surface area (Å²) in [5.74, 6) is -0.00919. The Hall–Kier alpha value is -3.81. The van der Waals surface area contributed by atoms with Gasteiger partial charge >= 0.3 is 0 Å². The van der Waals surface area contributed by atoms with E-state index < -0.39 is 11.4 Å². The van der Waals surface area contributed by atoms with Gasteiger partial charge in [-0.05, 0) is 47.9 Å². The van der Waals surface area contributed by atoms with Gasteiger partial charge in [0.2, 0.25) is 0 Å². The van der Waals surface area contributed by atoms with Crippen molar-refractivity contribution in [3.63, 3.8) is 0 Å². The molecular weight excluding hydrogens is 385 g/mol. The molecule has 152 valence electrons. The molecule has 0 unspecified atom stereocenters. The van der Waals surface area contributed by atoms with Crippen LogP contribution in [0.1, 0.15) is 16.7 Å². The van der Waals surface area contributed by atoms with Gasteiger partial charge in [0.1, 0.15) is 17.9 Å². The number of aryl methyl sites for hydroxylation is 1. The van der Waals surface area contributed by atoms with Gasteiger partial charge in [-0.1, -0.05) is 12.1 Å². The molecule has 7 nitrogen and oxygen atoms in total. The number of aromatic nitrogens is 2. The molecule has 4 rings (SSSR count). The summed E-state index contributed by atoms with van der Waals surface area (Å²) in [6.07, 6.45) is 4.40. The first-order valence-corrected chi connectivity index (χ1v) is 9.22. The third kappa shape index (κ3) is 2.88. The number of rotatable bonds is 4. The van der Waals surface area contributed by atoms with Gasteiger partial charge in [-0.15, -0.1) is 0 Å². The summed E-state index contributed by atoms with van der Waals surface area (Å²) in [5, 5.41) is 0. The molecule has 2 N–H and O–H groups in total. The fourth-order valence-electron chi connectivity index (χ4n) is 3.70. The van der Waals surface area contributed by atoms with Crippen molar-refractivity contribution in [2.24, 2.45) is 10.7 Å². The van der Waals surface area contributed by atoms with Crippen molar-refractivity contribution in [3.05, 3.63) is 77.6 Å². The van der Waals surface area contributed by atoms with Crippen LogP contribution in [0.25, 0.3) is 11.1 Å². The molecule has 2 aromatic carbocycles. The lowest BCUT2D eigenvalue weighted by Gasteiger charge is -2.27. The Kier molecular flexibility index (Phi) is 4.69. The summed E-state index contributed by atoms with van der Waals surface area (Å²) in [6, 6.07) is 9.85. The molecule has 0 spiro atoms. The van der Waals surface area contributed by atoms with E-state index in [-0.39, 0.29) is 17.4 Å². The third-order valence-electron chi connectivity index (χ3n) is 5.31. The van der Waals surface area contributed by atoms with E-state index in [0.29, 0.717) is 22.4 Å². The zero-order valence-corrected chi connectivity index (χ0v) is 16.8. The summed E-state index contributed by atoms with van der Waals surface area (Å²) in [4.78, 5) is 27.2. The lowest BCUT2D eigenvalue weighted by molar-refractivity contribution is -0.129. The van der Waals surface area contributed by atoms with E-state index in [1.165, 1.54) is 29.7 Å². The van der Waals surface area contributed by atoms with Crippen LogP contribution in [0.5, 0.6) is 5.75 Å². The van der Waals surface area contributed by atoms with E-state index >= 15 is 0 Å². The van der Waals surface area contributed by atoms with Crippen LogP contribution in [0.3, 0.4) is 0 Å². The normalized spacial score (nSPS) is 18.5. The van der Waals surface area contributed by atoms with Gasteiger partial charge in [-0.3, -0.25) is 9.69 Å². The molecule has 1 amide bonds. The Bertz CT molecular complexity index is 1170. The Morgan fingerprint density at radius 2 is 1.77 bits per heavy atom. The Morgan fingerprint density at radius 3 is 2.37 bits per heavy atom. The smallest absolute Gasteiger partial charge is 0.266 e. The first-order chi connectivity index (χ1) is 14.4. The van der Waals surface area contributed by atoms with Gasteiger partial charge in [0.15, 0.2) is 11.5 Å². The summed E-state index contributed by atoms with van der Waals surface area (Å²) in [7, 11) is 3.14. The number of nitrogens with zero attached hydrogens (tertiary/aromatic N) is 4. The molecule has 0 saturated carbocycles. The highest BCUT2D eigenvalue weighted by atomic mass is 19.1. The fraction of sp³-hybridized carbons (Fsp3) is 0.182. The van der Waals surface area contributed by atoms with Crippen molar-refractivity contribution in [3.8, 4) is 16.9 Å². The van der Waals surface area contributed by atoms with Gasteiger partial charge in [-0.2, -0.15) is 0 Å². The Morgan fingerprint density at radius 1 is 1.10 bits per heavy atom. The zero-order chi connectivity index (χ0) is 21.5. The number of methoxy groups -OCH3 is 1. The van der Waals surface area contributed by atoms with E-state index in [1.54, 1.807) is 38.4 Å². The second kappa shape index (κ2) is 7.22. The van der Waals surface area contributed by atoms with Crippen LogP contribution in [0.2, 0.25) is 0 Å². The first kappa shape index (κ1) is 19.5. The van der Waals surface area contributed by atoms with Crippen LogP contribution in [0, 0.1) is 12.7 Å². The van der Waals surface area contributed by atoms with Crippen LogP contribution in [0.15, 0.2) is 60.1 Å². The standard InChI is InChI=1S/C22H20FN5O2/c1-13-8-15(5-7-19(13)30-3)22(20(29)28(2)21(24)27-22)16-4-6-18(23)17(9-16)14-10-25-12-26-11-14/h4-12H,1-3H3,(H2,24,27)/t22-/m0/s1. The number of amides is 1. The molecule has 1 aromatic heterocycles. The lowest BCUT2D eigenvalue weighted by Crippen LogP contribution is -2.41. The van der Waals surface area contributed by atoms with Gasteiger partial charge < -0.3 is 10.5 Å². The van der Waals surface area contributed by atoms with Crippen LogP contribution < -0.4 is 10.5 Å². The van der Waals surface area contributed by atoms with Crippen LogP contribution >= 0.6 is 0 Å². The molecule has 3 aromatic rings. The third-order valence-corrected chi connectivity index (χ3v) is 5.31. The van der Waals surface area contributed by atoms with Crippen molar-refractivity contribution in [2.45, 2.75) is 12.5 Å². The molecule has 1 atom stereocenters. The van der Waals surface area contributed by atoms with E-state index in [2.05, 4.69) is 15.0 Å². The predicted octanol–water partition coefficient (Wildman–Crippen LogP) is 2.63. The molecule has 0 saturated heterocycles. The van der Waals surface area contributed by atoms with Crippen molar-refractivity contribution >= 4 is 11.9 Å². The SMILES string of the molecule is COc1ccc([C@@]2(c3ccc(F)c(-c4cncnc4)c3)N=C(N)N(C)C2=O)cc1C. The maximum atomic E-state index is 14.7. The number of ether oxygens (including phenoxy) is 1. The second-order valence-electron chi connectivity index (χ2n) is 7.05. The molecular formula is C22H20FN5O2. The van der Waals surface area contributed by atoms with Gasteiger partial charge in [0, 0.05) is 30.6 Å². The molecule has 2 heterocycles. The van der Waals surface area contributed by atoms with Crippen LogP contribution in [-0.4, -0.2) is 40.9 Å². The van der Waals surface area contributed by atoms with Gasteiger partial charge in [0.05, 0.1) is 7.11 Å². The number of carbonyl (C=O) groups excluding carboxylic acids is 1. The van der Waals surface area contributed by atoms with Crippen LogP contribution in [0.4, 0.5) is 4.39 Å². The van der Waals surface area contributed by atoms with E-state index in [9.17, 15) is 9.18 Å². The number of hydrogen-bond donors (Lipinski definition) is 1. The number of guanidine groups is 1. The lowest BCUT2D eigenvalue weighted by atomic mass is 9.81. The number of nitrogens with two attached hydrogens (primary N) is 1. The van der Waals surface area contributed by atoms with Gasteiger partial charge in [-0.25, -0.2) is 19.4 Å². The molecule has 0 fully saturated rings. The Balaban J connectivity index is 1.98. The molecule has 8 heteroatoms. The number of halogens is 1. The van der Waals surface area contributed by atoms with Crippen molar-refractivity contribution < 1.29 is 13.9 Å². The fourth-order valence-corrected chi connectivity index (χ4v) is 3.70. The van der Waals surface area contributed by atoms with E-state index in [0.717, 1.165) is 5.56 Å². The second-order valence-corrected chi connectivity index (χ2v) is 7.05. The van der Waals surface area contributed by atoms with E-state index in [4.69, 9.17) is 10.5 Å². The van der Waals surface area contributed by atoms with Crippen molar-refractivity contribution in [2.75, 3.05) is 14.2 Å². The average molecular weight is 405 g/mol. The predicted molar refractivity (Wildman–Crippen MR) is 110 cm³/mol. The van der Waals surface area contributed by atoms with Crippen molar-refractivity contribution in [1.29, 1.82) is 0 Å². The number of hydrogen-bond acceptors (Lipinski definition) is 6. The maximum Gasteiger partial charge on any atom is 0.266 e. The minimum absolute atomic E-state index is 0.0855. The Labute approximate surface area is 173 Å². The van der Waals surface area contributed by atoms with E-state index in [1.807, 2.05) is 13.0 Å². The summed E-state index contributed by atoms with van der Waals surface area (Å²) < 4.78 is 20.0. The summed E-state index contributed by atoms with van der Waals surface area (Å²) in [6.45, 7) is 1.88. The molecule has 1 aliphatic heterocycles. The molecule has 0 bridgehead atoms. The number of benzene rings is 2. The number of aliphatic imine (C=N–C) groups is 1. The highest BCUT2D eigenvalue weighted by molar-refractivity contribution is 6.09. The zero-order valence-electron chi connectivity index (χ0n) is 16.8. The van der Waals surface area contributed by atoms with Crippen LogP contribution in [-0.2, 0) is 10.3 Å². The molecule has 1 aliphatic rings. The van der Waals surface area contributed by atoms with Gasteiger partial charge in [0.25, 0.3) is 5.91 Å². The summed E-state index contributed by atoms with van der Waals surface area (Å²) >= 11 is 0. The van der Waals surface area contributed by atoms with Crippen molar-refractivity contribution in [1.82, 2.24) is 14.9 Å². The summed E-state index contributed by atoms with van der Waals surface area (Å²) in [5.41, 5.74) is 7.30. The molecule has 30 heavy (non-hydrogen) atoms. The highest BCUT2D eigenvalue weighted by Crippen LogP contribution is 2.42. The quantitative estimate of drug-likeness (QED) is 0.720. The highest BCUT2D eigenvalue weighted by Gasteiger charge is 2.49. The average Bonchev–Trinajstić information content (AvgIpc) is 2.99. The molecule has 0 aliphatic carbocycles. The monoisotopic (exact) mass is 405 g/mol. The number of carbonyl (C=O) groups is 1. The topological polar surface area (TPSA) is 93.7 Å². The number of likely N-dealkylation sites (N-methyl/N-ethyl adjacent to an activating group) is 1. The largest absolute Gasteiger partial charge is 0.496 e. The minimum atomic E-state index is -1.44. The molecule has 0 radical (unpaired) electrons. The maximum absolute atomic E-state index is 14.7.